The second-order valence-electron chi connectivity index (χ2n) is 5.95. The molecule has 5 nitrogen and oxygen atoms in total. The zero-order chi connectivity index (χ0) is 18.1. The van der Waals surface area contributed by atoms with Crippen LogP contribution in [-0.2, 0) is 13.0 Å². The predicted molar refractivity (Wildman–Crippen MR) is 103 cm³/mol. The lowest BCUT2D eigenvalue weighted by Gasteiger charge is -2.13. The van der Waals surface area contributed by atoms with E-state index < -0.39 is 0 Å². The maximum absolute atomic E-state index is 5.44. The molecule has 1 heterocycles. The molecule has 0 unspecified atom stereocenters. The van der Waals surface area contributed by atoms with Gasteiger partial charge in [0.2, 0.25) is 0 Å². The van der Waals surface area contributed by atoms with Gasteiger partial charge in [0.1, 0.15) is 5.75 Å². The summed E-state index contributed by atoms with van der Waals surface area (Å²) < 4.78 is 5.44. The first-order chi connectivity index (χ1) is 12.1. The van der Waals surface area contributed by atoms with Crippen LogP contribution in [0.3, 0.4) is 0 Å². The zero-order valence-corrected chi connectivity index (χ0v) is 15.6. The maximum Gasteiger partial charge on any atom is 0.191 e. The number of pyridine rings is 1. The summed E-state index contributed by atoms with van der Waals surface area (Å²) in [6.07, 6.45) is 2.68. The molecule has 1 aromatic heterocycles. The van der Waals surface area contributed by atoms with Gasteiger partial charge in [0.25, 0.3) is 0 Å². The second-order valence-corrected chi connectivity index (χ2v) is 5.95. The summed E-state index contributed by atoms with van der Waals surface area (Å²) in [5.41, 5.74) is 4.60. The molecule has 5 heteroatoms. The van der Waals surface area contributed by atoms with Crippen LogP contribution >= 0.6 is 0 Å². The molecule has 0 spiro atoms. The molecule has 0 aliphatic rings. The average Bonchev–Trinajstić information content (AvgIpc) is 2.61. The highest BCUT2D eigenvalue weighted by Gasteiger charge is 2.05. The van der Waals surface area contributed by atoms with Crippen LogP contribution in [0.2, 0.25) is 0 Å². The number of nitrogens with zero attached hydrogens (tertiary/aromatic N) is 2. The molecule has 0 aliphatic carbocycles. The van der Waals surface area contributed by atoms with Crippen molar-refractivity contribution in [1.29, 1.82) is 0 Å². The van der Waals surface area contributed by atoms with Gasteiger partial charge >= 0.3 is 0 Å². The Kier molecular flexibility index (Phi) is 7.26. The van der Waals surface area contributed by atoms with Gasteiger partial charge in [-0.15, -0.1) is 0 Å². The molecule has 0 amide bonds. The molecule has 2 aromatic rings. The Morgan fingerprint density at radius 2 is 2.04 bits per heavy atom. The molecule has 25 heavy (non-hydrogen) atoms. The van der Waals surface area contributed by atoms with Gasteiger partial charge in [0.15, 0.2) is 5.96 Å². The third-order valence-corrected chi connectivity index (χ3v) is 3.97. The fourth-order valence-electron chi connectivity index (χ4n) is 2.60. The molecule has 0 atom stereocenters. The highest BCUT2D eigenvalue weighted by atomic mass is 16.5. The van der Waals surface area contributed by atoms with Gasteiger partial charge < -0.3 is 15.4 Å². The molecule has 0 bridgehead atoms. The SMILES string of the molecule is CCNC(=NCc1ncccc1C)NCCc1cc(C)ccc1OC. The van der Waals surface area contributed by atoms with E-state index in [1.165, 1.54) is 11.1 Å². The number of aryl methyl sites for hydroxylation is 2. The van der Waals surface area contributed by atoms with Gasteiger partial charge in [-0.25, -0.2) is 4.99 Å². The van der Waals surface area contributed by atoms with E-state index >= 15 is 0 Å². The topological polar surface area (TPSA) is 58.5 Å². The van der Waals surface area contributed by atoms with Crippen LogP contribution in [0.5, 0.6) is 5.75 Å². The number of hydrogen-bond donors (Lipinski definition) is 2. The third kappa shape index (κ3) is 5.78. The van der Waals surface area contributed by atoms with Gasteiger partial charge in [0, 0.05) is 19.3 Å². The van der Waals surface area contributed by atoms with Crippen molar-refractivity contribution in [2.45, 2.75) is 33.7 Å². The van der Waals surface area contributed by atoms with Crippen molar-refractivity contribution in [3.8, 4) is 5.75 Å². The Bertz CT molecular complexity index is 713. The summed E-state index contributed by atoms with van der Waals surface area (Å²) in [6, 6.07) is 10.3. The van der Waals surface area contributed by atoms with E-state index in [-0.39, 0.29) is 0 Å². The number of aromatic nitrogens is 1. The summed E-state index contributed by atoms with van der Waals surface area (Å²) in [5.74, 6) is 1.73. The van der Waals surface area contributed by atoms with E-state index in [4.69, 9.17) is 4.74 Å². The van der Waals surface area contributed by atoms with Gasteiger partial charge in [-0.1, -0.05) is 23.8 Å². The summed E-state index contributed by atoms with van der Waals surface area (Å²) in [5, 5.41) is 6.66. The van der Waals surface area contributed by atoms with Crippen molar-refractivity contribution in [3.05, 3.63) is 58.9 Å². The van der Waals surface area contributed by atoms with Crippen LogP contribution in [0.25, 0.3) is 0 Å². The smallest absolute Gasteiger partial charge is 0.191 e. The number of nitrogens with one attached hydrogen (secondary N) is 2. The molecule has 0 aliphatic heterocycles. The van der Waals surface area contributed by atoms with E-state index in [2.05, 4.69) is 59.6 Å². The minimum atomic E-state index is 0.565. The molecule has 0 saturated heterocycles. The molecule has 1 aromatic carbocycles. The lowest BCUT2D eigenvalue weighted by molar-refractivity contribution is 0.409. The van der Waals surface area contributed by atoms with E-state index in [1.54, 1.807) is 7.11 Å². The third-order valence-electron chi connectivity index (χ3n) is 3.97. The molecule has 2 N–H and O–H groups in total. The summed E-state index contributed by atoms with van der Waals surface area (Å²) in [4.78, 5) is 9.03. The van der Waals surface area contributed by atoms with Crippen molar-refractivity contribution in [1.82, 2.24) is 15.6 Å². The van der Waals surface area contributed by atoms with Crippen LogP contribution in [0.1, 0.15) is 29.3 Å². The highest BCUT2D eigenvalue weighted by Crippen LogP contribution is 2.19. The van der Waals surface area contributed by atoms with Crippen LogP contribution in [-0.4, -0.2) is 31.1 Å². The molecular weight excluding hydrogens is 312 g/mol. The van der Waals surface area contributed by atoms with E-state index in [1.807, 2.05) is 18.3 Å². The first kappa shape index (κ1) is 18.8. The molecule has 0 fully saturated rings. The summed E-state index contributed by atoms with van der Waals surface area (Å²) in [6.45, 7) is 8.38. The van der Waals surface area contributed by atoms with Gasteiger partial charge in [-0.05, 0) is 50.5 Å². The molecule has 134 valence electrons. The Hall–Kier alpha value is -2.56. The largest absolute Gasteiger partial charge is 0.496 e. The summed E-state index contributed by atoms with van der Waals surface area (Å²) in [7, 11) is 1.71. The lowest BCUT2D eigenvalue weighted by Crippen LogP contribution is -2.38. The fourth-order valence-corrected chi connectivity index (χ4v) is 2.60. The lowest BCUT2D eigenvalue weighted by atomic mass is 10.1. The number of methoxy groups -OCH3 is 1. The highest BCUT2D eigenvalue weighted by molar-refractivity contribution is 5.79. The fraction of sp³-hybridized carbons (Fsp3) is 0.400. The number of guanidine groups is 1. The Morgan fingerprint density at radius 1 is 1.20 bits per heavy atom. The second kappa shape index (κ2) is 9.67. The number of benzene rings is 1. The van der Waals surface area contributed by atoms with Crippen LogP contribution in [0, 0.1) is 13.8 Å². The van der Waals surface area contributed by atoms with Gasteiger partial charge in [-0.3, -0.25) is 4.98 Å². The first-order valence-corrected chi connectivity index (χ1v) is 8.70. The molecular formula is C20H28N4O. The number of aliphatic imine (C=N–C) groups is 1. The van der Waals surface area contributed by atoms with Crippen molar-refractivity contribution in [3.63, 3.8) is 0 Å². The predicted octanol–water partition coefficient (Wildman–Crippen LogP) is 3.00. The van der Waals surface area contributed by atoms with Crippen molar-refractivity contribution >= 4 is 5.96 Å². The molecule has 0 saturated carbocycles. The normalized spacial score (nSPS) is 11.3. The van der Waals surface area contributed by atoms with E-state index in [0.717, 1.165) is 42.5 Å². The molecule has 2 rings (SSSR count). The zero-order valence-electron chi connectivity index (χ0n) is 15.6. The Morgan fingerprint density at radius 3 is 2.76 bits per heavy atom. The minimum absolute atomic E-state index is 0.565. The summed E-state index contributed by atoms with van der Waals surface area (Å²) >= 11 is 0. The standard InChI is InChI=1S/C20H28N4O/c1-5-21-20(24-14-18-16(3)7-6-11-22-18)23-12-10-17-13-15(2)8-9-19(17)25-4/h6-9,11,13H,5,10,12,14H2,1-4H3,(H2,21,23,24). The van der Waals surface area contributed by atoms with Gasteiger partial charge in [0.05, 0.1) is 19.3 Å². The Balaban J connectivity index is 1.96. The van der Waals surface area contributed by atoms with Crippen molar-refractivity contribution in [2.24, 2.45) is 4.99 Å². The molecule has 0 radical (unpaired) electrons. The van der Waals surface area contributed by atoms with Crippen LogP contribution in [0.4, 0.5) is 0 Å². The van der Waals surface area contributed by atoms with E-state index in [9.17, 15) is 0 Å². The van der Waals surface area contributed by atoms with Gasteiger partial charge in [-0.2, -0.15) is 0 Å². The minimum Gasteiger partial charge on any atom is -0.496 e. The van der Waals surface area contributed by atoms with Crippen molar-refractivity contribution in [2.75, 3.05) is 20.2 Å². The maximum atomic E-state index is 5.44. The number of rotatable bonds is 7. The van der Waals surface area contributed by atoms with E-state index in [0.29, 0.717) is 6.54 Å². The number of ether oxygens (including phenoxy) is 1. The average molecular weight is 340 g/mol. The number of hydrogen-bond acceptors (Lipinski definition) is 3. The quantitative estimate of drug-likeness (QED) is 0.601. The van der Waals surface area contributed by atoms with Crippen LogP contribution in [0.15, 0.2) is 41.5 Å². The first-order valence-electron chi connectivity index (χ1n) is 8.70. The van der Waals surface area contributed by atoms with Crippen LogP contribution < -0.4 is 15.4 Å². The van der Waals surface area contributed by atoms with Crippen molar-refractivity contribution < 1.29 is 4.74 Å². The monoisotopic (exact) mass is 340 g/mol. The Labute approximate surface area is 150 Å².